The number of hydrogen-bond acceptors (Lipinski definition) is 1. The minimum Gasteiger partial charge on any atom is -0.361 e. The van der Waals surface area contributed by atoms with Crippen LogP contribution in [0.5, 0.6) is 0 Å². The Labute approximate surface area is 88.4 Å². The molecule has 0 saturated heterocycles. The van der Waals surface area contributed by atoms with Crippen LogP contribution in [0, 0.1) is 17.5 Å². The van der Waals surface area contributed by atoms with Gasteiger partial charge in [-0.25, -0.2) is 13.2 Å². The van der Waals surface area contributed by atoms with E-state index in [2.05, 4.69) is 4.98 Å². The molecule has 0 aliphatic rings. The molecule has 0 amide bonds. The van der Waals surface area contributed by atoms with Gasteiger partial charge in [-0.05, 0) is 6.07 Å². The van der Waals surface area contributed by atoms with E-state index in [9.17, 15) is 18.0 Å². The molecule has 0 atom stereocenters. The Morgan fingerprint density at radius 1 is 0.938 bits per heavy atom. The lowest BCUT2D eigenvalue weighted by atomic mass is 10.1. The molecule has 0 fully saturated rings. The molecule has 2 aromatic rings. The first-order valence-electron chi connectivity index (χ1n) is 4.41. The standard InChI is InChI=1S/C11H6F3NO/c12-8-5-10(14)9(13)4-7(8)11-3-6(16)1-2-15-11/h1-5H,(H,15,16). The highest BCUT2D eigenvalue weighted by Crippen LogP contribution is 2.22. The molecule has 0 unspecified atom stereocenters. The number of hydrogen-bond donors (Lipinski definition) is 1. The Balaban J connectivity index is 2.65. The predicted molar refractivity (Wildman–Crippen MR) is 52.4 cm³/mol. The summed E-state index contributed by atoms with van der Waals surface area (Å²) in [7, 11) is 0. The van der Waals surface area contributed by atoms with Gasteiger partial charge in [-0.1, -0.05) is 0 Å². The van der Waals surface area contributed by atoms with Crippen molar-refractivity contribution in [3.05, 3.63) is 58.1 Å². The third-order valence-corrected chi connectivity index (χ3v) is 2.07. The first-order chi connectivity index (χ1) is 7.58. The van der Waals surface area contributed by atoms with E-state index < -0.39 is 17.5 Å². The van der Waals surface area contributed by atoms with E-state index in [-0.39, 0.29) is 16.7 Å². The molecule has 2 rings (SSSR count). The number of rotatable bonds is 1. The lowest BCUT2D eigenvalue weighted by molar-refractivity contribution is 0.496. The van der Waals surface area contributed by atoms with Crippen LogP contribution in [-0.4, -0.2) is 4.98 Å². The summed E-state index contributed by atoms with van der Waals surface area (Å²) in [5.41, 5.74) is -0.432. The van der Waals surface area contributed by atoms with Gasteiger partial charge in [0, 0.05) is 30.0 Å². The maximum absolute atomic E-state index is 13.3. The normalized spacial score (nSPS) is 10.4. The van der Waals surface area contributed by atoms with Crippen molar-refractivity contribution in [2.75, 3.05) is 0 Å². The highest BCUT2D eigenvalue weighted by molar-refractivity contribution is 5.59. The maximum atomic E-state index is 13.3. The zero-order valence-electron chi connectivity index (χ0n) is 7.93. The summed E-state index contributed by atoms with van der Waals surface area (Å²) in [6, 6.07) is 3.49. The zero-order valence-corrected chi connectivity index (χ0v) is 7.93. The van der Waals surface area contributed by atoms with Crippen LogP contribution in [0.1, 0.15) is 0 Å². The molecule has 0 aliphatic heterocycles. The minimum atomic E-state index is -1.26. The fourth-order valence-corrected chi connectivity index (χ4v) is 1.33. The lowest BCUT2D eigenvalue weighted by Gasteiger charge is -2.03. The largest absolute Gasteiger partial charge is 0.361 e. The van der Waals surface area contributed by atoms with Crippen LogP contribution in [0.3, 0.4) is 0 Å². The number of aromatic nitrogens is 1. The average Bonchev–Trinajstić information content (AvgIpc) is 2.23. The quantitative estimate of drug-likeness (QED) is 0.743. The number of nitrogens with one attached hydrogen (secondary N) is 1. The van der Waals surface area contributed by atoms with Gasteiger partial charge >= 0.3 is 0 Å². The number of pyridine rings is 1. The summed E-state index contributed by atoms with van der Waals surface area (Å²) in [4.78, 5) is 13.6. The second-order valence-corrected chi connectivity index (χ2v) is 3.18. The molecule has 1 heterocycles. The van der Waals surface area contributed by atoms with E-state index in [0.29, 0.717) is 12.1 Å². The first-order valence-corrected chi connectivity index (χ1v) is 4.41. The lowest BCUT2D eigenvalue weighted by Crippen LogP contribution is -2.00. The van der Waals surface area contributed by atoms with Crippen LogP contribution < -0.4 is 5.43 Å². The van der Waals surface area contributed by atoms with Crippen molar-refractivity contribution in [2.24, 2.45) is 0 Å². The summed E-state index contributed by atoms with van der Waals surface area (Å²) in [5.74, 6) is -3.36. The summed E-state index contributed by atoms with van der Waals surface area (Å²) in [5, 5.41) is 0. The molecule has 1 aromatic heterocycles. The van der Waals surface area contributed by atoms with Gasteiger partial charge in [-0.3, -0.25) is 4.79 Å². The van der Waals surface area contributed by atoms with Gasteiger partial charge in [0.15, 0.2) is 17.1 Å². The Morgan fingerprint density at radius 3 is 2.31 bits per heavy atom. The van der Waals surface area contributed by atoms with Crippen molar-refractivity contribution in [3.63, 3.8) is 0 Å². The summed E-state index contributed by atoms with van der Waals surface area (Å²) in [6.07, 6.45) is 1.30. The molecule has 5 heteroatoms. The van der Waals surface area contributed by atoms with Gasteiger partial charge in [0.25, 0.3) is 0 Å². The highest BCUT2D eigenvalue weighted by atomic mass is 19.2. The van der Waals surface area contributed by atoms with E-state index in [1.54, 1.807) is 0 Å². The van der Waals surface area contributed by atoms with Crippen molar-refractivity contribution >= 4 is 0 Å². The molecule has 1 aromatic carbocycles. The molecule has 2 nitrogen and oxygen atoms in total. The molecular formula is C11H6F3NO. The van der Waals surface area contributed by atoms with Gasteiger partial charge in [-0.2, -0.15) is 0 Å². The fraction of sp³-hybridized carbons (Fsp3) is 0. The fourth-order valence-electron chi connectivity index (χ4n) is 1.33. The molecule has 0 radical (unpaired) electrons. The van der Waals surface area contributed by atoms with Crippen LogP contribution in [0.15, 0.2) is 35.3 Å². The van der Waals surface area contributed by atoms with Crippen LogP contribution in [-0.2, 0) is 0 Å². The third-order valence-electron chi connectivity index (χ3n) is 2.07. The van der Waals surface area contributed by atoms with Gasteiger partial charge in [-0.15, -0.1) is 0 Å². The van der Waals surface area contributed by atoms with Crippen molar-refractivity contribution in [2.45, 2.75) is 0 Å². The molecule has 1 N–H and O–H groups in total. The second kappa shape index (κ2) is 3.84. The second-order valence-electron chi connectivity index (χ2n) is 3.18. The van der Waals surface area contributed by atoms with Gasteiger partial charge < -0.3 is 4.98 Å². The number of benzene rings is 1. The number of H-pyrrole nitrogens is 1. The van der Waals surface area contributed by atoms with Crippen molar-refractivity contribution in [1.29, 1.82) is 0 Å². The van der Waals surface area contributed by atoms with Crippen molar-refractivity contribution < 1.29 is 13.2 Å². The number of halogens is 3. The zero-order chi connectivity index (χ0) is 11.7. The minimum absolute atomic E-state index is 0.101. The van der Waals surface area contributed by atoms with E-state index in [0.717, 1.165) is 6.07 Å². The van der Waals surface area contributed by atoms with E-state index in [1.165, 1.54) is 12.3 Å². The van der Waals surface area contributed by atoms with E-state index in [4.69, 9.17) is 0 Å². The van der Waals surface area contributed by atoms with Crippen molar-refractivity contribution in [1.82, 2.24) is 4.98 Å². The van der Waals surface area contributed by atoms with Crippen LogP contribution >= 0.6 is 0 Å². The SMILES string of the molecule is O=c1cc[nH]c(-c2cc(F)c(F)cc2F)c1. The number of aromatic amines is 1. The molecule has 0 spiro atoms. The molecule has 0 aliphatic carbocycles. The Hall–Kier alpha value is -2.04. The van der Waals surface area contributed by atoms with Crippen molar-refractivity contribution in [3.8, 4) is 11.3 Å². The van der Waals surface area contributed by atoms with Gasteiger partial charge in [0.05, 0.1) is 5.69 Å². The summed E-state index contributed by atoms with van der Waals surface area (Å²) >= 11 is 0. The summed E-state index contributed by atoms with van der Waals surface area (Å²) in [6.45, 7) is 0. The third kappa shape index (κ3) is 1.84. The molecule has 16 heavy (non-hydrogen) atoms. The van der Waals surface area contributed by atoms with Crippen LogP contribution in [0.25, 0.3) is 11.3 Å². The highest BCUT2D eigenvalue weighted by Gasteiger charge is 2.11. The maximum Gasteiger partial charge on any atom is 0.182 e. The van der Waals surface area contributed by atoms with Crippen LogP contribution in [0.4, 0.5) is 13.2 Å². The first kappa shape index (κ1) is 10.5. The Morgan fingerprint density at radius 2 is 1.62 bits per heavy atom. The predicted octanol–water partition coefficient (Wildman–Crippen LogP) is 2.46. The van der Waals surface area contributed by atoms with E-state index >= 15 is 0 Å². The molecule has 0 bridgehead atoms. The molecule has 0 saturated carbocycles. The summed E-state index contributed by atoms with van der Waals surface area (Å²) < 4.78 is 38.9. The van der Waals surface area contributed by atoms with Gasteiger partial charge in [0.1, 0.15) is 5.82 Å². The van der Waals surface area contributed by atoms with Crippen LogP contribution in [0.2, 0.25) is 0 Å². The topological polar surface area (TPSA) is 32.9 Å². The van der Waals surface area contributed by atoms with Gasteiger partial charge in [0.2, 0.25) is 0 Å². The molecule has 82 valence electrons. The Kier molecular flexibility index (Phi) is 2.52. The average molecular weight is 225 g/mol. The monoisotopic (exact) mass is 225 g/mol. The Bertz CT molecular complexity index is 592. The smallest absolute Gasteiger partial charge is 0.182 e. The van der Waals surface area contributed by atoms with E-state index in [1.807, 2.05) is 0 Å². The molecular weight excluding hydrogens is 219 g/mol.